The standard InChI is InChI=1S/C22H29NO3S2/c1-13-16(18(20(24)25)26-21(2,3)4)17(14-7-10-22(5,6)11-8-14)19(28-13)15-9-12-27-23-15/h7,9,12,18H,8,10-11H2,1-6H3,(H,24,25). The second kappa shape index (κ2) is 7.73. The molecular formula is C22H29NO3S2. The number of hydrogen-bond donors (Lipinski definition) is 1. The lowest BCUT2D eigenvalue weighted by Crippen LogP contribution is -2.28. The lowest BCUT2D eigenvalue weighted by atomic mass is 9.76. The normalized spacial score (nSPS) is 18.0. The van der Waals surface area contributed by atoms with Gasteiger partial charge in [-0.2, -0.15) is 4.37 Å². The van der Waals surface area contributed by atoms with Crippen LogP contribution in [0.1, 0.15) is 76.0 Å². The second-order valence-electron chi connectivity index (χ2n) is 9.21. The van der Waals surface area contributed by atoms with E-state index >= 15 is 0 Å². The lowest BCUT2D eigenvalue weighted by Gasteiger charge is -2.30. The minimum absolute atomic E-state index is 0.281. The molecule has 1 atom stereocenters. The summed E-state index contributed by atoms with van der Waals surface area (Å²) in [4.78, 5) is 14.3. The molecule has 152 valence electrons. The number of nitrogens with zero attached hydrogens (tertiary/aromatic N) is 1. The maximum absolute atomic E-state index is 12.2. The van der Waals surface area contributed by atoms with E-state index in [1.807, 2.05) is 39.1 Å². The summed E-state index contributed by atoms with van der Waals surface area (Å²) in [7, 11) is 0. The number of carboxylic acids is 1. The van der Waals surface area contributed by atoms with Crippen molar-refractivity contribution in [3.05, 3.63) is 33.5 Å². The van der Waals surface area contributed by atoms with Gasteiger partial charge in [0.15, 0.2) is 6.10 Å². The highest BCUT2D eigenvalue weighted by molar-refractivity contribution is 7.16. The van der Waals surface area contributed by atoms with E-state index in [-0.39, 0.29) is 5.41 Å². The van der Waals surface area contributed by atoms with Crippen LogP contribution < -0.4 is 0 Å². The van der Waals surface area contributed by atoms with E-state index in [9.17, 15) is 9.90 Å². The molecule has 0 saturated carbocycles. The Morgan fingerprint density at radius 2 is 2.07 bits per heavy atom. The van der Waals surface area contributed by atoms with E-state index in [1.54, 1.807) is 11.3 Å². The molecule has 0 aromatic carbocycles. The number of ether oxygens (including phenoxy) is 1. The van der Waals surface area contributed by atoms with Gasteiger partial charge in [0.25, 0.3) is 0 Å². The molecule has 1 unspecified atom stereocenters. The summed E-state index contributed by atoms with van der Waals surface area (Å²) in [5.74, 6) is -0.946. The molecule has 0 aliphatic heterocycles. The van der Waals surface area contributed by atoms with Crippen LogP contribution in [0.25, 0.3) is 16.1 Å². The number of aromatic nitrogens is 1. The van der Waals surface area contributed by atoms with Gasteiger partial charge in [0.05, 0.1) is 16.2 Å². The van der Waals surface area contributed by atoms with E-state index in [4.69, 9.17) is 4.74 Å². The number of carboxylic acid groups (broad SMARTS) is 1. The molecule has 0 radical (unpaired) electrons. The topological polar surface area (TPSA) is 59.4 Å². The zero-order chi connectivity index (χ0) is 20.7. The largest absolute Gasteiger partial charge is 0.479 e. The van der Waals surface area contributed by atoms with Crippen molar-refractivity contribution in [2.45, 2.75) is 72.5 Å². The monoisotopic (exact) mass is 419 g/mol. The second-order valence-corrected chi connectivity index (χ2v) is 11.1. The smallest absolute Gasteiger partial charge is 0.337 e. The van der Waals surface area contributed by atoms with Crippen LogP contribution in [0.4, 0.5) is 0 Å². The van der Waals surface area contributed by atoms with Gasteiger partial charge in [0.1, 0.15) is 0 Å². The molecule has 1 N–H and O–H groups in total. The van der Waals surface area contributed by atoms with Crippen LogP contribution in [0.15, 0.2) is 17.5 Å². The first kappa shape index (κ1) is 21.2. The summed E-state index contributed by atoms with van der Waals surface area (Å²) in [6, 6.07) is 2.01. The maximum Gasteiger partial charge on any atom is 0.337 e. The molecule has 2 heterocycles. The quantitative estimate of drug-likeness (QED) is 0.585. The summed E-state index contributed by atoms with van der Waals surface area (Å²) in [5, 5.41) is 12.0. The van der Waals surface area contributed by atoms with Crippen LogP contribution in [-0.2, 0) is 9.53 Å². The van der Waals surface area contributed by atoms with Gasteiger partial charge < -0.3 is 9.84 Å². The fourth-order valence-electron chi connectivity index (χ4n) is 3.59. The Kier molecular flexibility index (Phi) is 5.86. The Bertz CT molecular complexity index is 886. The van der Waals surface area contributed by atoms with Crippen LogP contribution in [-0.4, -0.2) is 21.1 Å². The number of allylic oxidation sites excluding steroid dienone is 2. The molecule has 3 rings (SSSR count). The van der Waals surface area contributed by atoms with E-state index in [1.165, 1.54) is 17.1 Å². The first-order valence-corrected chi connectivity index (χ1v) is 11.3. The highest BCUT2D eigenvalue weighted by Gasteiger charge is 2.35. The first-order valence-electron chi connectivity index (χ1n) is 9.62. The molecule has 6 heteroatoms. The molecule has 1 aliphatic rings. The van der Waals surface area contributed by atoms with E-state index in [0.717, 1.165) is 45.8 Å². The van der Waals surface area contributed by atoms with Gasteiger partial charge in [0, 0.05) is 21.4 Å². The van der Waals surface area contributed by atoms with Crippen molar-refractivity contribution < 1.29 is 14.6 Å². The van der Waals surface area contributed by atoms with E-state index in [2.05, 4.69) is 24.3 Å². The molecule has 0 saturated heterocycles. The van der Waals surface area contributed by atoms with Crippen molar-refractivity contribution >= 4 is 34.4 Å². The Hall–Kier alpha value is -1.50. The van der Waals surface area contributed by atoms with Crippen molar-refractivity contribution in [2.75, 3.05) is 0 Å². The molecule has 1 aliphatic carbocycles. The zero-order valence-corrected chi connectivity index (χ0v) is 19.1. The van der Waals surface area contributed by atoms with Crippen LogP contribution in [0.5, 0.6) is 0 Å². The summed E-state index contributed by atoms with van der Waals surface area (Å²) in [6.45, 7) is 12.2. The molecule has 0 bridgehead atoms. The van der Waals surface area contributed by atoms with Crippen LogP contribution in [0.2, 0.25) is 0 Å². The summed E-state index contributed by atoms with van der Waals surface area (Å²) in [5.41, 5.74) is 3.69. The van der Waals surface area contributed by atoms with Gasteiger partial charge in [-0.1, -0.05) is 19.9 Å². The third-order valence-corrected chi connectivity index (χ3v) is 6.76. The Morgan fingerprint density at radius 3 is 2.57 bits per heavy atom. The highest BCUT2D eigenvalue weighted by atomic mass is 32.1. The van der Waals surface area contributed by atoms with E-state index in [0.29, 0.717) is 0 Å². The van der Waals surface area contributed by atoms with Crippen molar-refractivity contribution in [1.82, 2.24) is 4.37 Å². The molecule has 28 heavy (non-hydrogen) atoms. The molecule has 0 spiro atoms. The Balaban J connectivity index is 2.19. The molecule has 4 nitrogen and oxygen atoms in total. The predicted octanol–water partition coefficient (Wildman–Crippen LogP) is 6.71. The SMILES string of the molecule is Cc1sc(-c2ccsn2)c(C2=CCC(C)(C)CC2)c1C(OC(C)(C)C)C(=O)O. The van der Waals surface area contributed by atoms with Gasteiger partial charge >= 0.3 is 5.97 Å². The first-order chi connectivity index (χ1) is 13.0. The number of aryl methyl sites for hydroxylation is 1. The molecule has 0 fully saturated rings. The van der Waals surface area contributed by atoms with Gasteiger partial charge in [-0.25, -0.2) is 4.79 Å². The van der Waals surface area contributed by atoms with Crippen LogP contribution in [0, 0.1) is 12.3 Å². The summed E-state index contributed by atoms with van der Waals surface area (Å²) < 4.78 is 10.6. The molecule has 0 amide bonds. The van der Waals surface area contributed by atoms with Gasteiger partial charge in [-0.05, 0) is 75.5 Å². The molecular weight excluding hydrogens is 390 g/mol. The predicted molar refractivity (Wildman–Crippen MR) is 117 cm³/mol. The van der Waals surface area contributed by atoms with Crippen molar-refractivity contribution in [2.24, 2.45) is 5.41 Å². The zero-order valence-electron chi connectivity index (χ0n) is 17.5. The van der Waals surface area contributed by atoms with Crippen molar-refractivity contribution in [1.29, 1.82) is 0 Å². The molecule has 2 aromatic heterocycles. The Morgan fingerprint density at radius 1 is 1.36 bits per heavy atom. The number of aliphatic carboxylic acids is 1. The average molecular weight is 420 g/mol. The van der Waals surface area contributed by atoms with Crippen molar-refractivity contribution in [3.8, 4) is 10.6 Å². The third kappa shape index (κ3) is 4.56. The van der Waals surface area contributed by atoms with Crippen LogP contribution in [0.3, 0.4) is 0 Å². The minimum Gasteiger partial charge on any atom is -0.479 e. The third-order valence-electron chi connectivity index (χ3n) is 5.05. The summed E-state index contributed by atoms with van der Waals surface area (Å²) in [6.07, 6.45) is 4.32. The average Bonchev–Trinajstić information content (AvgIpc) is 3.19. The lowest BCUT2D eigenvalue weighted by molar-refractivity contribution is -0.160. The van der Waals surface area contributed by atoms with Crippen molar-refractivity contribution in [3.63, 3.8) is 0 Å². The number of thiophene rings is 1. The van der Waals surface area contributed by atoms with Gasteiger partial charge in [-0.15, -0.1) is 11.3 Å². The fourth-order valence-corrected chi connectivity index (χ4v) is 5.35. The van der Waals surface area contributed by atoms with Gasteiger partial charge in [0.2, 0.25) is 0 Å². The van der Waals surface area contributed by atoms with Gasteiger partial charge in [-0.3, -0.25) is 0 Å². The highest BCUT2D eigenvalue weighted by Crippen LogP contribution is 2.48. The number of carbonyl (C=O) groups is 1. The summed E-state index contributed by atoms with van der Waals surface area (Å²) >= 11 is 3.04. The minimum atomic E-state index is -0.991. The fraction of sp³-hybridized carbons (Fsp3) is 0.545. The Labute approximate surface area is 175 Å². The van der Waals surface area contributed by atoms with E-state index < -0.39 is 17.7 Å². The molecule has 2 aromatic rings. The number of rotatable bonds is 5. The maximum atomic E-state index is 12.2. The number of hydrogen-bond acceptors (Lipinski definition) is 5. The van der Waals surface area contributed by atoms with Crippen LogP contribution >= 0.6 is 22.9 Å².